The minimum atomic E-state index is 0.425. The number of hydrogen-bond donors (Lipinski definition) is 1. The molecule has 1 aromatic rings. The standard InChI is InChI=1S/C17H27N/c18-17(14-13-16-9-4-5-10-16)12-6-11-15-7-2-1-3-8-15/h1-3,7-8,16-17H,4-6,9-14,18H2. The Balaban J connectivity index is 1.55. The maximum absolute atomic E-state index is 6.22. The first-order valence-corrected chi connectivity index (χ1v) is 7.64. The van der Waals surface area contributed by atoms with Gasteiger partial charge in [-0.15, -0.1) is 0 Å². The van der Waals surface area contributed by atoms with Crippen LogP contribution in [0.1, 0.15) is 56.9 Å². The molecule has 100 valence electrons. The van der Waals surface area contributed by atoms with E-state index in [0.717, 1.165) is 5.92 Å². The van der Waals surface area contributed by atoms with Crippen LogP contribution in [0.2, 0.25) is 0 Å². The van der Waals surface area contributed by atoms with E-state index in [1.54, 1.807) is 0 Å². The van der Waals surface area contributed by atoms with E-state index in [1.165, 1.54) is 63.4 Å². The summed E-state index contributed by atoms with van der Waals surface area (Å²) in [6.45, 7) is 0. The Hall–Kier alpha value is -0.820. The van der Waals surface area contributed by atoms with Crippen molar-refractivity contribution in [2.24, 2.45) is 11.7 Å². The van der Waals surface area contributed by atoms with Crippen molar-refractivity contribution in [2.75, 3.05) is 0 Å². The fourth-order valence-electron chi connectivity index (χ4n) is 3.11. The predicted molar refractivity (Wildman–Crippen MR) is 78.5 cm³/mol. The lowest BCUT2D eigenvalue weighted by atomic mass is 9.96. The van der Waals surface area contributed by atoms with Gasteiger partial charge in [0.1, 0.15) is 0 Å². The van der Waals surface area contributed by atoms with E-state index in [2.05, 4.69) is 30.3 Å². The Morgan fingerprint density at radius 2 is 1.78 bits per heavy atom. The third-order valence-corrected chi connectivity index (χ3v) is 4.30. The van der Waals surface area contributed by atoms with E-state index >= 15 is 0 Å². The van der Waals surface area contributed by atoms with Crippen molar-refractivity contribution < 1.29 is 0 Å². The zero-order valence-corrected chi connectivity index (χ0v) is 11.5. The Labute approximate surface area is 112 Å². The number of hydrogen-bond acceptors (Lipinski definition) is 1. The molecule has 0 aliphatic heterocycles. The second kappa shape index (κ2) is 7.58. The van der Waals surface area contributed by atoms with Gasteiger partial charge in [0.2, 0.25) is 0 Å². The minimum absolute atomic E-state index is 0.425. The Kier molecular flexibility index (Phi) is 5.73. The molecule has 0 saturated heterocycles. The van der Waals surface area contributed by atoms with Gasteiger partial charge in [0.15, 0.2) is 0 Å². The van der Waals surface area contributed by atoms with Crippen molar-refractivity contribution in [1.82, 2.24) is 0 Å². The van der Waals surface area contributed by atoms with E-state index in [4.69, 9.17) is 5.73 Å². The SMILES string of the molecule is NC(CCCc1ccccc1)CCC1CCCC1. The molecule has 0 amide bonds. The van der Waals surface area contributed by atoms with E-state index in [1.807, 2.05) is 0 Å². The van der Waals surface area contributed by atoms with Gasteiger partial charge in [-0.3, -0.25) is 0 Å². The van der Waals surface area contributed by atoms with Gasteiger partial charge >= 0.3 is 0 Å². The van der Waals surface area contributed by atoms with E-state index < -0.39 is 0 Å². The number of nitrogens with two attached hydrogens (primary N) is 1. The molecule has 1 unspecified atom stereocenters. The summed E-state index contributed by atoms with van der Waals surface area (Å²) >= 11 is 0. The molecule has 0 bridgehead atoms. The van der Waals surface area contributed by atoms with Gasteiger partial charge in [-0.05, 0) is 43.6 Å². The van der Waals surface area contributed by atoms with Crippen molar-refractivity contribution in [3.63, 3.8) is 0 Å². The fourth-order valence-corrected chi connectivity index (χ4v) is 3.11. The Morgan fingerprint density at radius 3 is 2.50 bits per heavy atom. The number of rotatable bonds is 7. The zero-order valence-electron chi connectivity index (χ0n) is 11.5. The molecular formula is C17H27N. The largest absolute Gasteiger partial charge is 0.328 e. The lowest BCUT2D eigenvalue weighted by molar-refractivity contribution is 0.432. The molecule has 2 rings (SSSR count). The molecule has 1 heteroatoms. The van der Waals surface area contributed by atoms with Crippen LogP contribution < -0.4 is 5.73 Å². The highest BCUT2D eigenvalue weighted by atomic mass is 14.6. The average Bonchev–Trinajstić information content (AvgIpc) is 2.91. The second-order valence-electron chi connectivity index (χ2n) is 5.87. The summed E-state index contributed by atoms with van der Waals surface area (Å²) < 4.78 is 0. The van der Waals surface area contributed by atoms with Crippen LogP contribution in [0.4, 0.5) is 0 Å². The highest BCUT2D eigenvalue weighted by Crippen LogP contribution is 2.29. The van der Waals surface area contributed by atoms with Crippen LogP contribution in [0.5, 0.6) is 0 Å². The molecule has 0 spiro atoms. The van der Waals surface area contributed by atoms with Crippen LogP contribution in [-0.2, 0) is 6.42 Å². The molecule has 18 heavy (non-hydrogen) atoms. The van der Waals surface area contributed by atoms with Crippen molar-refractivity contribution >= 4 is 0 Å². The summed E-state index contributed by atoms with van der Waals surface area (Å²) in [5, 5.41) is 0. The van der Waals surface area contributed by atoms with Gasteiger partial charge in [0, 0.05) is 6.04 Å². The van der Waals surface area contributed by atoms with E-state index in [-0.39, 0.29) is 0 Å². The van der Waals surface area contributed by atoms with Crippen LogP contribution in [0.3, 0.4) is 0 Å². The second-order valence-corrected chi connectivity index (χ2v) is 5.87. The third kappa shape index (κ3) is 4.81. The van der Waals surface area contributed by atoms with E-state index in [9.17, 15) is 0 Å². The molecule has 0 radical (unpaired) electrons. The summed E-state index contributed by atoms with van der Waals surface area (Å²) in [7, 11) is 0. The van der Waals surface area contributed by atoms with Gasteiger partial charge in [-0.2, -0.15) is 0 Å². The first-order valence-electron chi connectivity index (χ1n) is 7.64. The molecular weight excluding hydrogens is 218 g/mol. The number of benzene rings is 1. The maximum atomic E-state index is 6.22. The third-order valence-electron chi connectivity index (χ3n) is 4.30. The van der Waals surface area contributed by atoms with Gasteiger partial charge in [-0.1, -0.05) is 56.0 Å². The summed E-state index contributed by atoms with van der Waals surface area (Å²) in [6, 6.07) is 11.2. The van der Waals surface area contributed by atoms with Crippen molar-refractivity contribution in [3.8, 4) is 0 Å². The quantitative estimate of drug-likeness (QED) is 0.761. The molecule has 1 saturated carbocycles. The van der Waals surface area contributed by atoms with Crippen LogP contribution in [0.15, 0.2) is 30.3 Å². The molecule has 1 fully saturated rings. The van der Waals surface area contributed by atoms with Crippen LogP contribution in [0, 0.1) is 5.92 Å². The first kappa shape index (κ1) is 13.6. The molecule has 1 aliphatic carbocycles. The van der Waals surface area contributed by atoms with Crippen LogP contribution >= 0.6 is 0 Å². The molecule has 1 aliphatic rings. The predicted octanol–water partition coefficient (Wildman–Crippen LogP) is 4.31. The van der Waals surface area contributed by atoms with Crippen LogP contribution in [0.25, 0.3) is 0 Å². The zero-order chi connectivity index (χ0) is 12.6. The summed E-state index contributed by atoms with van der Waals surface area (Å²) in [6.07, 6.45) is 12.0. The monoisotopic (exact) mass is 245 g/mol. The highest BCUT2D eigenvalue weighted by Gasteiger charge is 2.15. The highest BCUT2D eigenvalue weighted by molar-refractivity contribution is 5.14. The Morgan fingerprint density at radius 1 is 1.06 bits per heavy atom. The molecule has 1 atom stereocenters. The first-order chi connectivity index (χ1) is 8.84. The average molecular weight is 245 g/mol. The van der Waals surface area contributed by atoms with Crippen molar-refractivity contribution in [2.45, 2.75) is 63.8 Å². The summed E-state index contributed by atoms with van der Waals surface area (Å²) in [5.74, 6) is 0.991. The normalized spacial score (nSPS) is 18.1. The van der Waals surface area contributed by atoms with E-state index in [0.29, 0.717) is 6.04 Å². The lowest BCUT2D eigenvalue weighted by Crippen LogP contribution is -2.20. The maximum Gasteiger partial charge on any atom is 0.00390 e. The van der Waals surface area contributed by atoms with Gasteiger partial charge in [0.25, 0.3) is 0 Å². The van der Waals surface area contributed by atoms with Crippen molar-refractivity contribution in [3.05, 3.63) is 35.9 Å². The molecule has 1 aromatic carbocycles. The van der Waals surface area contributed by atoms with Gasteiger partial charge in [0.05, 0.1) is 0 Å². The summed E-state index contributed by atoms with van der Waals surface area (Å²) in [4.78, 5) is 0. The molecule has 0 heterocycles. The number of aryl methyl sites for hydroxylation is 1. The lowest BCUT2D eigenvalue weighted by Gasteiger charge is -2.14. The molecule has 1 nitrogen and oxygen atoms in total. The molecule has 2 N–H and O–H groups in total. The minimum Gasteiger partial charge on any atom is -0.328 e. The fraction of sp³-hybridized carbons (Fsp3) is 0.647. The van der Waals surface area contributed by atoms with Crippen molar-refractivity contribution in [1.29, 1.82) is 0 Å². The summed E-state index contributed by atoms with van der Waals surface area (Å²) in [5.41, 5.74) is 7.66. The topological polar surface area (TPSA) is 26.0 Å². The molecule has 0 aromatic heterocycles. The smallest absolute Gasteiger partial charge is 0.00390 e. The Bertz CT molecular complexity index is 314. The van der Waals surface area contributed by atoms with Gasteiger partial charge in [-0.25, -0.2) is 0 Å². The van der Waals surface area contributed by atoms with Gasteiger partial charge < -0.3 is 5.73 Å². The van der Waals surface area contributed by atoms with Crippen LogP contribution in [-0.4, -0.2) is 6.04 Å².